The van der Waals surface area contributed by atoms with Crippen LogP contribution in [0.3, 0.4) is 0 Å². The second-order valence-electron chi connectivity index (χ2n) is 18.7. The minimum absolute atomic E-state index is 0.565. The van der Waals surface area contributed by atoms with Gasteiger partial charge in [-0.15, -0.1) is 0 Å². The van der Waals surface area contributed by atoms with Crippen molar-refractivity contribution >= 4 is 34.1 Å². The average Bonchev–Trinajstić information content (AvgIpc) is 3.91. The van der Waals surface area contributed by atoms with Crippen molar-refractivity contribution in [3.05, 3.63) is 324 Å². The van der Waals surface area contributed by atoms with Gasteiger partial charge in [0.25, 0.3) is 0 Å². The molecular weight excluding hydrogens is 845 g/mol. The fourth-order valence-electron chi connectivity index (χ4n) is 12.7. The average molecular weight is 891 g/mol. The molecule has 0 N–H and O–H groups in total. The number of nitrogens with zero attached hydrogens (tertiary/aromatic N) is 2. The van der Waals surface area contributed by atoms with Crippen LogP contribution >= 0.6 is 0 Å². The summed E-state index contributed by atoms with van der Waals surface area (Å²) in [6.45, 7) is 0. The van der Waals surface area contributed by atoms with Crippen molar-refractivity contribution in [1.82, 2.24) is 0 Å². The van der Waals surface area contributed by atoms with E-state index < -0.39 is 10.8 Å². The highest BCUT2D eigenvalue weighted by Crippen LogP contribution is 2.66. The lowest BCUT2D eigenvalue weighted by atomic mass is 9.64. The molecule has 1 aliphatic heterocycles. The van der Waals surface area contributed by atoms with E-state index in [9.17, 15) is 0 Å². The first-order chi connectivity index (χ1) is 34.8. The zero-order chi connectivity index (χ0) is 46.2. The predicted molar refractivity (Wildman–Crippen MR) is 289 cm³/mol. The number of benzene rings is 11. The minimum Gasteiger partial charge on any atom is -0.310 e. The van der Waals surface area contributed by atoms with Gasteiger partial charge in [-0.05, 0) is 115 Å². The molecule has 0 unspecified atom stereocenters. The number of para-hydroxylation sites is 4. The zero-order valence-electron chi connectivity index (χ0n) is 38.5. The van der Waals surface area contributed by atoms with Gasteiger partial charge >= 0.3 is 0 Å². The summed E-state index contributed by atoms with van der Waals surface area (Å²) in [7, 11) is 0. The Morgan fingerprint density at radius 3 is 1.39 bits per heavy atom. The molecule has 14 rings (SSSR count). The highest BCUT2D eigenvalue weighted by molar-refractivity contribution is 6.03. The zero-order valence-corrected chi connectivity index (χ0v) is 38.5. The summed E-state index contributed by atoms with van der Waals surface area (Å²) in [6, 6.07) is 104. The maximum Gasteiger partial charge on any atom is 0.0755 e. The Morgan fingerprint density at radius 1 is 0.286 bits per heavy atom. The topological polar surface area (TPSA) is 6.48 Å². The third kappa shape index (κ3) is 5.56. The van der Waals surface area contributed by atoms with Crippen molar-refractivity contribution in [2.24, 2.45) is 0 Å². The Labute approximate surface area is 409 Å². The van der Waals surface area contributed by atoms with Crippen LogP contribution in [0.2, 0.25) is 0 Å². The van der Waals surface area contributed by atoms with Crippen LogP contribution in [0.1, 0.15) is 44.5 Å². The summed E-state index contributed by atoms with van der Waals surface area (Å²) in [5, 5.41) is 0. The third-order valence-electron chi connectivity index (χ3n) is 15.3. The molecular formula is C68H46N2. The molecule has 0 atom stereocenters. The molecule has 70 heavy (non-hydrogen) atoms. The molecule has 2 aliphatic carbocycles. The first-order valence-electron chi connectivity index (χ1n) is 24.4. The van der Waals surface area contributed by atoms with Crippen molar-refractivity contribution in [3.63, 3.8) is 0 Å². The lowest BCUT2D eigenvalue weighted by molar-refractivity contribution is 0.752. The van der Waals surface area contributed by atoms with Crippen molar-refractivity contribution in [1.29, 1.82) is 0 Å². The van der Waals surface area contributed by atoms with Crippen LogP contribution in [0.15, 0.2) is 279 Å². The van der Waals surface area contributed by atoms with Crippen molar-refractivity contribution in [2.45, 2.75) is 10.8 Å². The van der Waals surface area contributed by atoms with Gasteiger partial charge in [0.1, 0.15) is 0 Å². The molecule has 11 aromatic carbocycles. The quantitative estimate of drug-likeness (QED) is 0.157. The van der Waals surface area contributed by atoms with E-state index in [0.29, 0.717) is 0 Å². The highest BCUT2D eigenvalue weighted by Gasteiger charge is 2.53. The van der Waals surface area contributed by atoms with Crippen LogP contribution in [0.5, 0.6) is 0 Å². The maximum atomic E-state index is 2.57. The SMILES string of the molecule is c1ccc(-c2ccccc2N(c2ccc3c(c2)C(c2ccccc2)(c2ccccc2)c2ccccc2-3)c2cccc3c2-c2ccccc2C32c3ccccc3N(c3ccccc3)c3ccccc32)cc1. The second-order valence-corrected chi connectivity index (χ2v) is 18.7. The Morgan fingerprint density at radius 2 is 0.743 bits per heavy atom. The molecule has 0 fully saturated rings. The summed E-state index contributed by atoms with van der Waals surface area (Å²) >= 11 is 0. The van der Waals surface area contributed by atoms with Crippen molar-refractivity contribution < 1.29 is 0 Å². The van der Waals surface area contributed by atoms with E-state index in [1.54, 1.807) is 0 Å². The lowest BCUT2D eigenvalue weighted by Gasteiger charge is -2.45. The molecule has 0 saturated carbocycles. The summed E-state index contributed by atoms with van der Waals surface area (Å²) < 4.78 is 0. The molecule has 0 amide bonds. The summed E-state index contributed by atoms with van der Waals surface area (Å²) in [5.41, 5.74) is 23.2. The molecule has 2 nitrogen and oxygen atoms in total. The summed E-state index contributed by atoms with van der Waals surface area (Å²) in [6.07, 6.45) is 0. The van der Waals surface area contributed by atoms with Gasteiger partial charge in [0, 0.05) is 22.5 Å². The molecule has 0 bridgehead atoms. The second kappa shape index (κ2) is 15.8. The van der Waals surface area contributed by atoms with Gasteiger partial charge in [0.15, 0.2) is 0 Å². The Hall–Kier alpha value is -8.98. The smallest absolute Gasteiger partial charge is 0.0755 e. The summed E-state index contributed by atoms with van der Waals surface area (Å²) in [5.74, 6) is 0. The normalized spacial score (nSPS) is 13.9. The standard InChI is InChI=1S/C68H46N2/c1-5-24-47(25-6-1)52-32-15-20-40-62(52)70(51-44-45-54-53-33-13-16-35-56(53)67(61(54)46-51,48-26-7-2-8-27-48)49-28-9-3-10-29-49)65-43-23-39-60-66(65)55-34-14-17-36-57(55)68(60)58-37-18-21-41-63(58)69(50-30-11-4-12-31-50)64-42-22-19-38-59(64)68/h1-46H. The van der Waals surface area contributed by atoms with Gasteiger partial charge in [-0.2, -0.15) is 0 Å². The first-order valence-corrected chi connectivity index (χ1v) is 24.4. The van der Waals surface area contributed by atoms with E-state index in [0.717, 1.165) is 28.3 Å². The van der Waals surface area contributed by atoms with Gasteiger partial charge in [0.2, 0.25) is 0 Å². The molecule has 0 radical (unpaired) electrons. The van der Waals surface area contributed by atoms with E-state index in [1.165, 1.54) is 83.7 Å². The van der Waals surface area contributed by atoms with Gasteiger partial charge in [-0.25, -0.2) is 0 Å². The van der Waals surface area contributed by atoms with Crippen LogP contribution in [-0.4, -0.2) is 0 Å². The monoisotopic (exact) mass is 890 g/mol. The Kier molecular flexibility index (Phi) is 9.06. The molecule has 1 heterocycles. The van der Waals surface area contributed by atoms with Gasteiger partial charge < -0.3 is 9.80 Å². The molecule has 2 heteroatoms. The highest BCUT2D eigenvalue weighted by atomic mass is 15.2. The van der Waals surface area contributed by atoms with Crippen molar-refractivity contribution in [3.8, 4) is 33.4 Å². The van der Waals surface area contributed by atoms with E-state index in [1.807, 2.05) is 0 Å². The molecule has 1 spiro atoms. The number of anilines is 6. The largest absolute Gasteiger partial charge is 0.310 e. The van der Waals surface area contributed by atoms with E-state index in [4.69, 9.17) is 0 Å². The van der Waals surface area contributed by atoms with Crippen LogP contribution in [-0.2, 0) is 10.8 Å². The fraction of sp³-hybridized carbons (Fsp3) is 0.0294. The van der Waals surface area contributed by atoms with Crippen LogP contribution < -0.4 is 9.80 Å². The maximum absolute atomic E-state index is 2.57. The van der Waals surface area contributed by atoms with Gasteiger partial charge in [-0.3, -0.25) is 0 Å². The molecule has 0 aromatic heterocycles. The van der Waals surface area contributed by atoms with Crippen LogP contribution in [0, 0.1) is 0 Å². The molecule has 0 saturated heterocycles. The third-order valence-corrected chi connectivity index (χ3v) is 15.3. The van der Waals surface area contributed by atoms with Crippen molar-refractivity contribution in [2.75, 3.05) is 9.80 Å². The van der Waals surface area contributed by atoms with E-state index in [2.05, 4.69) is 289 Å². The van der Waals surface area contributed by atoms with Gasteiger partial charge in [-0.1, -0.05) is 231 Å². The molecule has 11 aromatic rings. The number of hydrogen-bond donors (Lipinski definition) is 0. The van der Waals surface area contributed by atoms with Crippen LogP contribution in [0.4, 0.5) is 34.1 Å². The van der Waals surface area contributed by atoms with E-state index in [-0.39, 0.29) is 0 Å². The Bertz CT molecular complexity index is 3700. The minimum atomic E-state index is -0.611. The molecule has 328 valence electrons. The Balaban J connectivity index is 1.08. The fourth-order valence-corrected chi connectivity index (χ4v) is 12.7. The number of rotatable bonds is 7. The first kappa shape index (κ1) is 40.1. The number of hydrogen-bond acceptors (Lipinski definition) is 2. The van der Waals surface area contributed by atoms with E-state index >= 15 is 0 Å². The molecule has 3 aliphatic rings. The number of fused-ring (bicyclic) bond motifs is 12. The summed E-state index contributed by atoms with van der Waals surface area (Å²) in [4.78, 5) is 5.02. The lowest BCUT2D eigenvalue weighted by Crippen LogP contribution is -2.36. The van der Waals surface area contributed by atoms with Gasteiger partial charge in [0.05, 0.1) is 33.6 Å². The van der Waals surface area contributed by atoms with Crippen LogP contribution in [0.25, 0.3) is 33.4 Å². The predicted octanol–water partition coefficient (Wildman–Crippen LogP) is 17.3.